The van der Waals surface area contributed by atoms with Crippen molar-refractivity contribution in [3.8, 4) is 17.0 Å². The van der Waals surface area contributed by atoms with E-state index in [0.717, 1.165) is 44.7 Å². The van der Waals surface area contributed by atoms with Gasteiger partial charge in [-0.2, -0.15) is 15.3 Å². The molecule has 36 heavy (non-hydrogen) atoms. The monoisotopic (exact) mass is 622 g/mol. The molecule has 1 aromatic carbocycles. The van der Waals surface area contributed by atoms with E-state index in [1.165, 1.54) is 0 Å². The molecule has 0 saturated carbocycles. The second-order valence-corrected chi connectivity index (χ2v) is 10.2. The summed E-state index contributed by atoms with van der Waals surface area (Å²) in [7, 11) is 1.94. The maximum atomic E-state index is 9.50. The van der Waals surface area contributed by atoms with Crippen LogP contribution in [0.4, 0.5) is 0 Å². The summed E-state index contributed by atoms with van der Waals surface area (Å²) >= 11 is 2.35. The van der Waals surface area contributed by atoms with Crippen LogP contribution in [0.5, 0.6) is 5.88 Å². The van der Waals surface area contributed by atoms with Gasteiger partial charge in [0.2, 0.25) is 5.88 Å². The Bertz CT molecular complexity index is 1380. The van der Waals surface area contributed by atoms with Gasteiger partial charge in [-0.1, -0.05) is 19.9 Å². The normalized spacial score (nSPS) is 16.7. The molecular formula is C25H32IN6O3P. The molecule has 0 radical (unpaired) electrons. The molecule has 4 heterocycles. The molecule has 2 atom stereocenters. The zero-order chi connectivity index (χ0) is 25.8. The number of hydrogen-bond donors (Lipinski definition) is 1. The smallest absolute Gasteiger partial charge is 0.219 e. The fourth-order valence-electron chi connectivity index (χ4n) is 4.42. The van der Waals surface area contributed by atoms with Gasteiger partial charge in [-0.25, -0.2) is 9.13 Å². The third-order valence-electron chi connectivity index (χ3n) is 6.00. The van der Waals surface area contributed by atoms with E-state index >= 15 is 0 Å². The second kappa shape index (κ2) is 11.9. The Hall–Kier alpha value is -2.27. The maximum absolute atomic E-state index is 9.50. The summed E-state index contributed by atoms with van der Waals surface area (Å²) in [5.74, 6) is 0.621. The van der Waals surface area contributed by atoms with E-state index < -0.39 is 0 Å². The van der Waals surface area contributed by atoms with Crippen LogP contribution < -0.4 is 4.74 Å². The van der Waals surface area contributed by atoms with Gasteiger partial charge in [0, 0.05) is 18.0 Å². The van der Waals surface area contributed by atoms with Crippen molar-refractivity contribution in [3.05, 3.63) is 47.0 Å². The van der Waals surface area contributed by atoms with Crippen LogP contribution in [0.2, 0.25) is 0 Å². The van der Waals surface area contributed by atoms with E-state index in [2.05, 4.69) is 50.4 Å². The first-order valence-corrected chi connectivity index (χ1v) is 16.1. The molecule has 5 rings (SSSR count). The van der Waals surface area contributed by atoms with Crippen LogP contribution in [0.3, 0.4) is 0 Å². The van der Waals surface area contributed by atoms with Crippen molar-refractivity contribution in [1.29, 1.82) is 0 Å². The summed E-state index contributed by atoms with van der Waals surface area (Å²) in [4.78, 5) is 0. The predicted octanol–water partition coefficient (Wildman–Crippen LogP) is 5.39. The standard InChI is InChI=1S/C23H26IN6O3P.C2H6/c1-14-17-5-6-20-18-12-16(4-7-21(18)30(27-20)34-24)19-13-25-28(3)22(19)15(2)32-10-11-33-23(17)29(26-14)8-9-31;1-2/h4-7,12-13,15,31,34H,8-11H2,1-3H3;1-2H3/b6-5+;. The number of aromatic nitrogens is 6. The molecule has 0 amide bonds. The maximum Gasteiger partial charge on any atom is 0.219 e. The average molecular weight is 622 g/mol. The van der Waals surface area contributed by atoms with E-state index in [0.29, 0.717) is 32.0 Å². The van der Waals surface area contributed by atoms with Gasteiger partial charge < -0.3 is 14.6 Å². The summed E-state index contributed by atoms with van der Waals surface area (Å²) < 4.78 is 17.9. The highest BCUT2D eigenvalue weighted by Gasteiger charge is 2.21. The molecule has 1 aliphatic rings. The highest BCUT2D eigenvalue weighted by atomic mass is 127. The molecule has 1 N–H and O–H groups in total. The summed E-state index contributed by atoms with van der Waals surface area (Å²) in [5, 5.41) is 24.5. The van der Waals surface area contributed by atoms with Crippen LogP contribution in [0, 0.1) is 6.92 Å². The lowest BCUT2D eigenvalue weighted by Gasteiger charge is -2.17. The van der Waals surface area contributed by atoms with Gasteiger partial charge in [-0.05, 0) is 65.7 Å². The number of nitrogens with zero attached hydrogens (tertiary/aromatic N) is 6. The zero-order valence-corrected chi connectivity index (χ0v) is 24.4. The number of hydrogen-bond acceptors (Lipinski definition) is 6. The lowest BCUT2D eigenvalue weighted by Crippen LogP contribution is -2.15. The number of halogens is 1. The number of fused-ring (bicyclic) bond motifs is 4. The van der Waals surface area contributed by atoms with Crippen LogP contribution >= 0.6 is 28.4 Å². The first kappa shape index (κ1) is 26.8. The molecule has 3 aromatic heterocycles. The molecule has 1 aliphatic heterocycles. The van der Waals surface area contributed by atoms with Crippen molar-refractivity contribution in [2.45, 2.75) is 40.3 Å². The number of benzene rings is 1. The lowest BCUT2D eigenvalue weighted by atomic mass is 10.0. The Morgan fingerprint density at radius 1 is 1.19 bits per heavy atom. The lowest BCUT2D eigenvalue weighted by molar-refractivity contribution is 0.0376. The van der Waals surface area contributed by atoms with Crippen LogP contribution in [0.1, 0.15) is 49.5 Å². The topological polar surface area (TPSA) is 92.2 Å². The highest BCUT2D eigenvalue weighted by molar-refractivity contribution is 14.2. The van der Waals surface area contributed by atoms with E-state index in [4.69, 9.17) is 14.6 Å². The third kappa shape index (κ3) is 5.09. The molecule has 0 aliphatic carbocycles. The van der Waals surface area contributed by atoms with Gasteiger partial charge in [-0.3, -0.25) is 4.68 Å². The van der Waals surface area contributed by atoms with Crippen LogP contribution in [0.15, 0.2) is 24.4 Å². The molecule has 0 spiro atoms. The molecule has 0 fully saturated rings. The molecule has 2 unspecified atom stereocenters. The largest absolute Gasteiger partial charge is 0.475 e. The van der Waals surface area contributed by atoms with Crippen LogP contribution in [0.25, 0.3) is 34.2 Å². The molecule has 0 saturated heterocycles. The summed E-state index contributed by atoms with van der Waals surface area (Å²) in [5.41, 5.74) is 6.80. The van der Waals surface area contributed by atoms with E-state index in [-0.39, 0.29) is 12.7 Å². The van der Waals surface area contributed by atoms with Crippen molar-refractivity contribution in [2.75, 3.05) is 19.8 Å². The van der Waals surface area contributed by atoms with Crippen molar-refractivity contribution < 1.29 is 14.6 Å². The summed E-state index contributed by atoms with van der Waals surface area (Å²) in [6, 6.07) is 6.43. The van der Waals surface area contributed by atoms with Gasteiger partial charge >= 0.3 is 0 Å². The fraction of sp³-hybridized carbons (Fsp3) is 0.400. The van der Waals surface area contributed by atoms with Crippen LogP contribution in [-0.4, -0.2) is 54.0 Å². The number of aryl methyl sites for hydroxylation is 2. The predicted molar refractivity (Wildman–Crippen MR) is 154 cm³/mol. The minimum absolute atomic E-state index is 0.0220. The van der Waals surface area contributed by atoms with Gasteiger partial charge in [-0.15, -0.1) is 0 Å². The molecule has 192 valence electrons. The zero-order valence-electron chi connectivity index (χ0n) is 21.2. The number of ether oxygens (including phenoxy) is 2. The molecule has 2 bridgehead atoms. The minimum Gasteiger partial charge on any atom is -0.475 e. The van der Waals surface area contributed by atoms with Crippen molar-refractivity contribution in [1.82, 2.24) is 29.1 Å². The van der Waals surface area contributed by atoms with E-state index in [1.807, 2.05) is 62.2 Å². The van der Waals surface area contributed by atoms with Crippen molar-refractivity contribution in [2.24, 2.45) is 7.05 Å². The van der Waals surface area contributed by atoms with E-state index in [9.17, 15) is 5.11 Å². The molecular weight excluding hydrogens is 590 g/mol. The van der Waals surface area contributed by atoms with E-state index in [1.54, 1.807) is 4.68 Å². The summed E-state index contributed by atoms with van der Waals surface area (Å²) in [6.07, 6.45) is 6.22. The average Bonchev–Trinajstić information content (AvgIpc) is 3.54. The number of rotatable bonds is 3. The van der Waals surface area contributed by atoms with Gasteiger partial charge in [0.15, 0.2) is 0 Å². The van der Waals surface area contributed by atoms with Crippen molar-refractivity contribution >= 4 is 51.5 Å². The van der Waals surface area contributed by atoms with Gasteiger partial charge in [0.05, 0.1) is 66.6 Å². The Morgan fingerprint density at radius 2 is 2.00 bits per heavy atom. The molecule has 9 nitrogen and oxygen atoms in total. The minimum atomic E-state index is -0.174. The van der Waals surface area contributed by atoms with Crippen molar-refractivity contribution in [3.63, 3.8) is 0 Å². The Balaban J connectivity index is 0.00000148. The highest BCUT2D eigenvalue weighted by Crippen LogP contribution is 2.36. The second-order valence-electron chi connectivity index (χ2n) is 8.13. The molecule has 4 aromatic rings. The first-order chi connectivity index (χ1) is 17.5. The molecule has 11 heteroatoms. The Labute approximate surface area is 225 Å². The third-order valence-corrected chi connectivity index (χ3v) is 7.88. The first-order valence-electron chi connectivity index (χ1n) is 12.0. The fourth-order valence-corrected chi connectivity index (χ4v) is 5.95. The Kier molecular flexibility index (Phi) is 8.82. The Morgan fingerprint density at radius 3 is 2.75 bits per heavy atom. The number of aliphatic hydroxyl groups is 1. The number of aliphatic hydroxyl groups excluding tert-OH is 1. The van der Waals surface area contributed by atoms with Crippen LogP contribution in [-0.2, 0) is 18.3 Å². The quantitative estimate of drug-likeness (QED) is 0.244. The SMILES string of the molecule is CC.Cc1nn(CCO)c2c1/C=C/c1nn(PI)c3ccc(cc13)-c1cnn(C)c1C(C)OCCO2. The summed E-state index contributed by atoms with van der Waals surface area (Å²) in [6.45, 7) is 9.07. The van der Waals surface area contributed by atoms with Gasteiger partial charge in [0.1, 0.15) is 6.61 Å². The van der Waals surface area contributed by atoms with Gasteiger partial charge in [0.25, 0.3) is 0 Å².